The summed E-state index contributed by atoms with van der Waals surface area (Å²) in [5.41, 5.74) is -1.40. The number of aliphatic carboxylic acids is 1. The minimum absolute atomic E-state index is 0.467. The van der Waals surface area contributed by atoms with E-state index in [1.165, 1.54) is 12.8 Å². The van der Waals surface area contributed by atoms with Crippen LogP contribution in [0.2, 0.25) is 0 Å². The lowest BCUT2D eigenvalue weighted by Gasteiger charge is -2.23. The maximum atomic E-state index is 10.8. The number of fused-ring (bicyclic) bond motifs is 1. The number of aliphatic hydroxyl groups is 1. The summed E-state index contributed by atoms with van der Waals surface area (Å²) >= 11 is 0. The normalized spacial score (nSPS) is 44.4. The predicted molar refractivity (Wildman–Crippen MR) is 47.3 cm³/mol. The van der Waals surface area contributed by atoms with Crippen LogP contribution in [0.25, 0.3) is 0 Å². The fourth-order valence-corrected chi connectivity index (χ4v) is 2.95. The number of hydrogen-bond acceptors (Lipinski definition) is 2. The van der Waals surface area contributed by atoms with Crippen molar-refractivity contribution in [2.24, 2.45) is 11.8 Å². The van der Waals surface area contributed by atoms with Crippen molar-refractivity contribution in [3.05, 3.63) is 0 Å². The largest absolute Gasteiger partial charge is 0.479 e. The van der Waals surface area contributed by atoms with Crippen molar-refractivity contribution in [2.45, 2.75) is 44.1 Å². The highest BCUT2D eigenvalue weighted by atomic mass is 16.4. The molecule has 2 rings (SSSR count). The molecule has 0 aromatic heterocycles. The third-order valence-corrected chi connectivity index (χ3v) is 3.66. The molecular weight excluding hydrogens is 168 g/mol. The fraction of sp³-hybridized carbons (Fsp3) is 0.900. The van der Waals surface area contributed by atoms with Crippen LogP contribution in [-0.2, 0) is 4.79 Å². The zero-order valence-corrected chi connectivity index (χ0v) is 7.70. The summed E-state index contributed by atoms with van der Waals surface area (Å²) in [4.78, 5) is 10.8. The van der Waals surface area contributed by atoms with Crippen molar-refractivity contribution in [1.29, 1.82) is 0 Å². The van der Waals surface area contributed by atoms with Crippen molar-refractivity contribution < 1.29 is 15.0 Å². The smallest absolute Gasteiger partial charge is 0.335 e. The van der Waals surface area contributed by atoms with Gasteiger partial charge < -0.3 is 10.2 Å². The summed E-state index contributed by atoms with van der Waals surface area (Å²) in [5, 5.41) is 18.7. The van der Waals surface area contributed by atoms with Gasteiger partial charge in [0.25, 0.3) is 0 Å². The van der Waals surface area contributed by atoms with E-state index in [4.69, 9.17) is 5.11 Å². The molecule has 3 heteroatoms. The van der Waals surface area contributed by atoms with Gasteiger partial charge in [0, 0.05) is 0 Å². The molecule has 2 fully saturated rings. The van der Waals surface area contributed by atoms with E-state index in [-0.39, 0.29) is 0 Å². The van der Waals surface area contributed by atoms with E-state index < -0.39 is 11.6 Å². The molecule has 2 N–H and O–H groups in total. The molecule has 2 aliphatic carbocycles. The van der Waals surface area contributed by atoms with Crippen molar-refractivity contribution in [3.63, 3.8) is 0 Å². The molecule has 0 radical (unpaired) electrons. The average molecular weight is 184 g/mol. The zero-order valence-electron chi connectivity index (χ0n) is 7.70. The minimum Gasteiger partial charge on any atom is -0.479 e. The van der Waals surface area contributed by atoms with E-state index in [1.807, 2.05) is 0 Å². The second-order valence-electron chi connectivity index (χ2n) is 4.55. The molecule has 2 saturated carbocycles. The van der Waals surface area contributed by atoms with E-state index >= 15 is 0 Å². The van der Waals surface area contributed by atoms with Crippen LogP contribution < -0.4 is 0 Å². The average Bonchev–Trinajstić information content (AvgIpc) is 2.42. The van der Waals surface area contributed by atoms with Gasteiger partial charge in [-0.15, -0.1) is 0 Å². The van der Waals surface area contributed by atoms with Gasteiger partial charge in [-0.25, -0.2) is 4.79 Å². The van der Waals surface area contributed by atoms with Gasteiger partial charge in [0.1, 0.15) is 0 Å². The molecule has 0 aromatic rings. The Balaban J connectivity index is 2.10. The first kappa shape index (κ1) is 9.00. The first-order valence-corrected chi connectivity index (χ1v) is 5.07. The lowest BCUT2D eigenvalue weighted by Crippen LogP contribution is -2.35. The topological polar surface area (TPSA) is 57.5 Å². The standard InChI is InChI=1S/C10H16O3/c11-9(12)10(13)5-7-3-1-2-4-8(7)6-10/h7-8,13H,1-6H2,(H,11,12). The lowest BCUT2D eigenvalue weighted by molar-refractivity contribution is -0.158. The van der Waals surface area contributed by atoms with Gasteiger partial charge in [-0.2, -0.15) is 0 Å². The highest BCUT2D eigenvalue weighted by Crippen LogP contribution is 2.47. The van der Waals surface area contributed by atoms with Crippen molar-refractivity contribution >= 4 is 5.97 Å². The Kier molecular flexibility index (Phi) is 2.06. The molecule has 0 amide bonds. The molecule has 0 heterocycles. The molecule has 74 valence electrons. The summed E-state index contributed by atoms with van der Waals surface area (Å²) < 4.78 is 0. The SMILES string of the molecule is O=C(O)C1(O)CC2CCCCC2C1. The fourth-order valence-electron chi connectivity index (χ4n) is 2.95. The summed E-state index contributed by atoms with van der Waals surface area (Å²) in [7, 11) is 0. The second kappa shape index (κ2) is 2.98. The zero-order chi connectivity index (χ0) is 9.47. The number of carbonyl (C=O) groups is 1. The number of carboxylic acid groups (broad SMARTS) is 1. The van der Waals surface area contributed by atoms with Crippen molar-refractivity contribution in [3.8, 4) is 0 Å². The number of hydrogen-bond donors (Lipinski definition) is 2. The third kappa shape index (κ3) is 1.46. The highest BCUT2D eigenvalue weighted by molar-refractivity contribution is 5.77. The Hall–Kier alpha value is -0.570. The molecule has 3 nitrogen and oxygen atoms in total. The Morgan fingerprint density at radius 3 is 2.00 bits per heavy atom. The van der Waals surface area contributed by atoms with Crippen LogP contribution in [0.4, 0.5) is 0 Å². The van der Waals surface area contributed by atoms with Crippen LogP contribution in [-0.4, -0.2) is 21.8 Å². The van der Waals surface area contributed by atoms with Crippen LogP contribution in [0.1, 0.15) is 38.5 Å². The van der Waals surface area contributed by atoms with Crippen LogP contribution in [0.5, 0.6) is 0 Å². The van der Waals surface area contributed by atoms with Crippen LogP contribution >= 0.6 is 0 Å². The first-order chi connectivity index (χ1) is 6.12. The van der Waals surface area contributed by atoms with Gasteiger partial charge in [0.2, 0.25) is 0 Å². The van der Waals surface area contributed by atoms with E-state index in [2.05, 4.69) is 0 Å². The summed E-state index contributed by atoms with van der Waals surface area (Å²) in [6.07, 6.45) is 5.59. The highest BCUT2D eigenvalue weighted by Gasteiger charge is 2.49. The van der Waals surface area contributed by atoms with Gasteiger partial charge in [-0.3, -0.25) is 0 Å². The van der Waals surface area contributed by atoms with Gasteiger partial charge in [0.05, 0.1) is 0 Å². The summed E-state index contributed by atoms with van der Waals surface area (Å²) in [6.45, 7) is 0. The molecule has 0 aromatic carbocycles. The van der Waals surface area contributed by atoms with E-state index in [1.54, 1.807) is 0 Å². The number of rotatable bonds is 1. The third-order valence-electron chi connectivity index (χ3n) is 3.66. The Morgan fingerprint density at radius 2 is 1.62 bits per heavy atom. The van der Waals surface area contributed by atoms with Crippen LogP contribution in [0.15, 0.2) is 0 Å². The van der Waals surface area contributed by atoms with Crippen LogP contribution in [0, 0.1) is 11.8 Å². The molecule has 0 spiro atoms. The minimum atomic E-state index is -1.40. The Morgan fingerprint density at radius 1 is 1.15 bits per heavy atom. The number of carboxylic acids is 1. The molecule has 13 heavy (non-hydrogen) atoms. The van der Waals surface area contributed by atoms with E-state index in [9.17, 15) is 9.90 Å². The summed E-state index contributed by atoms with van der Waals surface area (Å²) in [6, 6.07) is 0. The Bertz CT molecular complexity index is 210. The molecular formula is C10H16O3. The quantitative estimate of drug-likeness (QED) is 0.647. The predicted octanol–water partition coefficient (Wildman–Crippen LogP) is 1.40. The lowest BCUT2D eigenvalue weighted by atomic mass is 9.82. The van der Waals surface area contributed by atoms with Crippen LogP contribution in [0.3, 0.4) is 0 Å². The van der Waals surface area contributed by atoms with Gasteiger partial charge in [0.15, 0.2) is 5.60 Å². The maximum Gasteiger partial charge on any atom is 0.335 e. The molecule has 0 aliphatic heterocycles. The Labute approximate surface area is 77.8 Å². The first-order valence-electron chi connectivity index (χ1n) is 5.07. The summed E-state index contributed by atoms with van der Waals surface area (Å²) in [5.74, 6) is -0.0911. The van der Waals surface area contributed by atoms with Crippen molar-refractivity contribution in [1.82, 2.24) is 0 Å². The van der Waals surface area contributed by atoms with E-state index in [0.717, 1.165) is 12.8 Å². The maximum absolute atomic E-state index is 10.8. The second-order valence-corrected chi connectivity index (χ2v) is 4.55. The molecule has 2 aliphatic rings. The monoisotopic (exact) mass is 184 g/mol. The van der Waals surface area contributed by atoms with Gasteiger partial charge in [-0.05, 0) is 24.7 Å². The van der Waals surface area contributed by atoms with Gasteiger partial charge in [-0.1, -0.05) is 25.7 Å². The van der Waals surface area contributed by atoms with Gasteiger partial charge >= 0.3 is 5.97 Å². The molecule has 0 saturated heterocycles. The van der Waals surface area contributed by atoms with E-state index in [0.29, 0.717) is 24.7 Å². The van der Waals surface area contributed by atoms with Crippen molar-refractivity contribution in [2.75, 3.05) is 0 Å². The molecule has 0 bridgehead atoms. The molecule has 2 atom stereocenters. The molecule has 2 unspecified atom stereocenters.